The second-order valence-electron chi connectivity index (χ2n) is 4.98. The van der Waals surface area contributed by atoms with Crippen LogP contribution in [-0.4, -0.2) is 30.9 Å². The zero-order valence-electron chi connectivity index (χ0n) is 12.8. The van der Waals surface area contributed by atoms with E-state index in [0.29, 0.717) is 22.8 Å². The van der Waals surface area contributed by atoms with Gasteiger partial charge in [0.25, 0.3) is 5.91 Å². The number of carbonyl (C=O) groups is 2. The van der Waals surface area contributed by atoms with Gasteiger partial charge in [-0.25, -0.2) is 4.98 Å². The molecule has 0 bridgehead atoms. The first-order valence-electron chi connectivity index (χ1n) is 6.78. The lowest BCUT2D eigenvalue weighted by Gasteiger charge is -2.15. The molecule has 0 aliphatic rings. The molecule has 0 saturated heterocycles. The summed E-state index contributed by atoms with van der Waals surface area (Å²) in [4.78, 5) is 29.3. The van der Waals surface area contributed by atoms with Gasteiger partial charge in [-0.15, -0.1) is 0 Å². The molecular formula is C16H18N4O2. The number of rotatable bonds is 4. The van der Waals surface area contributed by atoms with E-state index in [1.165, 1.54) is 6.92 Å². The molecule has 0 atom stereocenters. The average molecular weight is 298 g/mol. The molecule has 0 fully saturated rings. The van der Waals surface area contributed by atoms with Crippen molar-refractivity contribution in [1.82, 2.24) is 4.98 Å². The average Bonchev–Trinajstić information content (AvgIpc) is 2.48. The Morgan fingerprint density at radius 3 is 2.14 bits per heavy atom. The molecule has 2 N–H and O–H groups in total. The fraction of sp³-hybridized carbons (Fsp3) is 0.188. The lowest BCUT2D eigenvalue weighted by Crippen LogP contribution is -2.19. The Bertz CT molecular complexity index is 681. The van der Waals surface area contributed by atoms with Crippen LogP contribution in [0.4, 0.5) is 17.2 Å². The van der Waals surface area contributed by atoms with Crippen LogP contribution in [0.25, 0.3) is 0 Å². The molecule has 22 heavy (non-hydrogen) atoms. The standard InChI is InChI=1S/C16H18N4O2/c1-11(21)18-12-6-8-13(9-7-12)19-16(22)14-5-4-10-17-15(14)20(2)3/h4-10H,1-3H3,(H,18,21)(H,19,22). The molecule has 2 amide bonds. The number of hydrogen-bond acceptors (Lipinski definition) is 4. The molecule has 0 radical (unpaired) electrons. The lowest BCUT2D eigenvalue weighted by molar-refractivity contribution is -0.114. The summed E-state index contributed by atoms with van der Waals surface area (Å²) in [5, 5.41) is 5.49. The number of aromatic nitrogens is 1. The molecule has 1 aromatic heterocycles. The molecule has 0 aliphatic heterocycles. The van der Waals surface area contributed by atoms with E-state index in [0.717, 1.165) is 0 Å². The highest BCUT2D eigenvalue weighted by molar-refractivity contribution is 6.07. The Kier molecular flexibility index (Phi) is 4.73. The van der Waals surface area contributed by atoms with Crippen LogP contribution in [0.2, 0.25) is 0 Å². The Labute approximate surface area is 129 Å². The molecule has 114 valence electrons. The van der Waals surface area contributed by atoms with Crippen molar-refractivity contribution in [3.8, 4) is 0 Å². The third-order valence-electron chi connectivity index (χ3n) is 2.92. The molecule has 0 aliphatic carbocycles. The molecule has 6 heteroatoms. The summed E-state index contributed by atoms with van der Waals surface area (Å²) >= 11 is 0. The Balaban J connectivity index is 2.14. The van der Waals surface area contributed by atoms with Crippen LogP contribution in [0.15, 0.2) is 42.6 Å². The number of hydrogen-bond donors (Lipinski definition) is 2. The van der Waals surface area contributed by atoms with Gasteiger partial charge in [0.1, 0.15) is 5.82 Å². The minimum Gasteiger partial charge on any atom is -0.362 e. The van der Waals surface area contributed by atoms with Gasteiger partial charge in [-0.1, -0.05) is 0 Å². The van der Waals surface area contributed by atoms with E-state index < -0.39 is 0 Å². The number of nitrogens with one attached hydrogen (secondary N) is 2. The maximum Gasteiger partial charge on any atom is 0.259 e. The molecule has 0 unspecified atom stereocenters. The predicted octanol–water partition coefficient (Wildman–Crippen LogP) is 2.36. The topological polar surface area (TPSA) is 74.3 Å². The van der Waals surface area contributed by atoms with Crippen LogP contribution in [-0.2, 0) is 4.79 Å². The smallest absolute Gasteiger partial charge is 0.259 e. The number of nitrogens with zero attached hydrogens (tertiary/aromatic N) is 2. The van der Waals surface area contributed by atoms with Crippen molar-refractivity contribution in [2.45, 2.75) is 6.92 Å². The first-order chi connectivity index (χ1) is 10.5. The highest BCUT2D eigenvalue weighted by Gasteiger charge is 2.13. The van der Waals surface area contributed by atoms with E-state index in [1.54, 1.807) is 47.5 Å². The molecule has 6 nitrogen and oxygen atoms in total. The molecule has 1 heterocycles. The van der Waals surface area contributed by atoms with Gasteiger partial charge in [-0.05, 0) is 36.4 Å². The molecule has 0 spiro atoms. The van der Waals surface area contributed by atoms with E-state index in [2.05, 4.69) is 15.6 Å². The first kappa shape index (κ1) is 15.5. The van der Waals surface area contributed by atoms with E-state index in [9.17, 15) is 9.59 Å². The van der Waals surface area contributed by atoms with Crippen LogP contribution in [0.3, 0.4) is 0 Å². The molecule has 2 aromatic rings. The second kappa shape index (κ2) is 6.71. The van der Waals surface area contributed by atoms with Gasteiger partial charge in [0.2, 0.25) is 5.91 Å². The maximum atomic E-state index is 12.4. The third-order valence-corrected chi connectivity index (χ3v) is 2.92. The Hall–Kier alpha value is -2.89. The summed E-state index contributed by atoms with van der Waals surface area (Å²) < 4.78 is 0. The quantitative estimate of drug-likeness (QED) is 0.908. The highest BCUT2D eigenvalue weighted by atomic mass is 16.2. The van der Waals surface area contributed by atoms with Crippen LogP contribution in [0, 0.1) is 0 Å². The fourth-order valence-corrected chi connectivity index (χ4v) is 1.97. The monoisotopic (exact) mass is 298 g/mol. The SMILES string of the molecule is CC(=O)Nc1ccc(NC(=O)c2cccnc2N(C)C)cc1. The van der Waals surface area contributed by atoms with Crippen LogP contribution in [0.5, 0.6) is 0 Å². The van der Waals surface area contributed by atoms with Crippen molar-refractivity contribution in [3.05, 3.63) is 48.2 Å². The number of amides is 2. The number of pyridine rings is 1. The van der Waals surface area contributed by atoms with Crippen LogP contribution >= 0.6 is 0 Å². The van der Waals surface area contributed by atoms with Crippen molar-refractivity contribution >= 4 is 29.0 Å². The minimum atomic E-state index is -0.232. The Morgan fingerprint density at radius 1 is 1.00 bits per heavy atom. The van der Waals surface area contributed by atoms with E-state index in [-0.39, 0.29) is 11.8 Å². The maximum absolute atomic E-state index is 12.4. The zero-order chi connectivity index (χ0) is 16.1. The van der Waals surface area contributed by atoms with Crippen molar-refractivity contribution < 1.29 is 9.59 Å². The van der Waals surface area contributed by atoms with E-state index in [4.69, 9.17) is 0 Å². The van der Waals surface area contributed by atoms with Crippen LogP contribution < -0.4 is 15.5 Å². The summed E-state index contributed by atoms with van der Waals surface area (Å²) in [6.07, 6.45) is 1.65. The largest absolute Gasteiger partial charge is 0.362 e. The van der Waals surface area contributed by atoms with Gasteiger partial charge in [0.05, 0.1) is 5.56 Å². The van der Waals surface area contributed by atoms with E-state index in [1.807, 2.05) is 14.1 Å². The normalized spacial score (nSPS) is 9.95. The highest BCUT2D eigenvalue weighted by Crippen LogP contribution is 2.18. The minimum absolute atomic E-state index is 0.136. The van der Waals surface area contributed by atoms with Crippen molar-refractivity contribution in [2.75, 3.05) is 29.6 Å². The van der Waals surface area contributed by atoms with Gasteiger partial charge in [0, 0.05) is 38.6 Å². The van der Waals surface area contributed by atoms with Crippen molar-refractivity contribution in [2.24, 2.45) is 0 Å². The summed E-state index contributed by atoms with van der Waals surface area (Å²) in [6, 6.07) is 10.4. The van der Waals surface area contributed by atoms with Gasteiger partial charge in [0.15, 0.2) is 0 Å². The molecular weight excluding hydrogens is 280 g/mol. The summed E-state index contributed by atoms with van der Waals surface area (Å²) in [5.74, 6) is 0.238. The lowest BCUT2D eigenvalue weighted by atomic mass is 10.2. The molecule has 0 saturated carbocycles. The van der Waals surface area contributed by atoms with Gasteiger partial charge < -0.3 is 15.5 Å². The number of carbonyl (C=O) groups excluding carboxylic acids is 2. The summed E-state index contributed by atoms with van der Waals surface area (Å²) in [5.41, 5.74) is 1.83. The van der Waals surface area contributed by atoms with E-state index >= 15 is 0 Å². The zero-order valence-corrected chi connectivity index (χ0v) is 12.8. The van der Waals surface area contributed by atoms with Gasteiger partial charge in [-0.3, -0.25) is 9.59 Å². The van der Waals surface area contributed by atoms with Gasteiger partial charge in [-0.2, -0.15) is 0 Å². The predicted molar refractivity (Wildman–Crippen MR) is 87.3 cm³/mol. The van der Waals surface area contributed by atoms with Crippen LogP contribution in [0.1, 0.15) is 17.3 Å². The number of benzene rings is 1. The molecule has 1 aromatic carbocycles. The Morgan fingerprint density at radius 2 is 1.59 bits per heavy atom. The first-order valence-corrected chi connectivity index (χ1v) is 6.78. The number of anilines is 3. The second-order valence-corrected chi connectivity index (χ2v) is 4.98. The third kappa shape index (κ3) is 3.82. The fourth-order valence-electron chi connectivity index (χ4n) is 1.97. The van der Waals surface area contributed by atoms with Gasteiger partial charge >= 0.3 is 0 Å². The molecule has 2 rings (SSSR count). The summed E-state index contributed by atoms with van der Waals surface area (Å²) in [6.45, 7) is 1.45. The summed E-state index contributed by atoms with van der Waals surface area (Å²) in [7, 11) is 3.67. The van der Waals surface area contributed by atoms with Crippen molar-refractivity contribution in [1.29, 1.82) is 0 Å². The van der Waals surface area contributed by atoms with Crippen molar-refractivity contribution in [3.63, 3.8) is 0 Å².